The van der Waals surface area contributed by atoms with E-state index in [1.807, 2.05) is 66.0 Å². The molecule has 1 atom stereocenters. The molecule has 0 saturated heterocycles. The van der Waals surface area contributed by atoms with Crippen LogP contribution in [0.25, 0.3) is 11.0 Å². The first-order valence-corrected chi connectivity index (χ1v) is 8.65. The Bertz CT molecular complexity index is 1050. The first kappa shape index (κ1) is 15.0. The van der Waals surface area contributed by atoms with E-state index in [0.29, 0.717) is 12.3 Å². The van der Waals surface area contributed by atoms with Crippen molar-refractivity contribution in [2.24, 2.45) is 0 Å². The van der Waals surface area contributed by atoms with E-state index in [-0.39, 0.29) is 11.9 Å². The SMILES string of the molecule is O=C(c1cc2ccccc2o1)N1C[C@H](n2ccnc2)Cc2ccccc21. The number of para-hydroxylation sites is 2. The maximum absolute atomic E-state index is 13.3. The summed E-state index contributed by atoms with van der Waals surface area (Å²) >= 11 is 0. The summed E-state index contributed by atoms with van der Waals surface area (Å²) in [5, 5.41) is 0.937. The predicted molar refractivity (Wildman–Crippen MR) is 99.3 cm³/mol. The predicted octanol–water partition coefficient (Wildman–Crippen LogP) is 4.07. The highest BCUT2D eigenvalue weighted by atomic mass is 16.3. The highest BCUT2D eigenvalue weighted by molar-refractivity contribution is 6.07. The molecule has 0 bridgehead atoms. The lowest BCUT2D eigenvalue weighted by molar-refractivity contribution is 0.0956. The molecule has 3 heterocycles. The van der Waals surface area contributed by atoms with Crippen LogP contribution in [0, 0.1) is 0 Å². The molecule has 4 aromatic rings. The molecule has 5 nitrogen and oxygen atoms in total. The van der Waals surface area contributed by atoms with Crippen molar-refractivity contribution in [3.8, 4) is 0 Å². The van der Waals surface area contributed by atoms with Crippen LogP contribution in [-0.2, 0) is 6.42 Å². The zero-order valence-electron chi connectivity index (χ0n) is 14.1. The zero-order chi connectivity index (χ0) is 17.5. The largest absolute Gasteiger partial charge is 0.451 e. The van der Waals surface area contributed by atoms with Crippen LogP contribution in [0.3, 0.4) is 0 Å². The number of nitrogens with zero attached hydrogens (tertiary/aromatic N) is 3. The van der Waals surface area contributed by atoms with Gasteiger partial charge in [-0.1, -0.05) is 36.4 Å². The van der Waals surface area contributed by atoms with E-state index in [9.17, 15) is 4.79 Å². The molecule has 1 aliphatic heterocycles. The van der Waals surface area contributed by atoms with Crippen molar-refractivity contribution in [1.82, 2.24) is 9.55 Å². The molecule has 0 unspecified atom stereocenters. The maximum atomic E-state index is 13.3. The quantitative estimate of drug-likeness (QED) is 0.551. The van der Waals surface area contributed by atoms with Crippen LogP contribution in [0.2, 0.25) is 0 Å². The number of carbonyl (C=O) groups is 1. The minimum absolute atomic E-state index is 0.113. The Morgan fingerprint density at radius 3 is 2.81 bits per heavy atom. The van der Waals surface area contributed by atoms with Gasteiger partial charge in [-0.2, -0.15) is 0 Å². The molecular weight excluding hydrogens is 326 g/mol. The Morgan fingerprint density at radius 1 is 1.12 bits per heavy atom. The van der Waals surface area contributed by atoms with E-state index in [0.717, 1.165) is 28.6 Å². The average Bonchev–Trinajstić information content (AvgIpc) is 3.36. The number of anilines is 1. The number of fused-ring (bicyclic) bond motifs is 2. The fraction of sp³-hybridized carbons (Fsp3) is 0.143. The van der Waals surface area contributed by atoms with Crippen LogP contribution in [0.1, 0.15) is 22.2 Å². The molecule has 0 N–H and O–H groups in total. The second kappa shape index (κ2) is 5.88. The number of hydrogen-bond acceptors (Lipinski definition) is 3. The third-order valence-electron chi connectivity index (χ3n) is 4.96. The molecule has 0 saturated carbocycles. The maximum Gasteiger partial charge on any atom is 0.294 e. The Morgan fingerprint density at radius 2 is 1.96 bits per heavy atom. The number of benzene rings is 2. The molecule has 2 aromatic heterocycles. The van der Waals surface area contributed by atoms with Crippen molar-refractivity contribution in [1.29, 1.82) is 0 Å². The molecule has 5 rings (SSSR count). The summed E-state index contributed by atoms with van der Waals surface area (Å²) in [6.45, 7) is 0.587. The van der Waals surface area contributed by atoms with Crippen LogP contribution >= 0.6 is 0 Å². The summed E-state index contributed by atoms with van der Waals surface area (Å²) in [7, 11) is 0. The standard InChI is InChI=1S/C21H17N3O2/c25-21(20-12-16-6-2-4-8-19(16)26-20)24-13-17(23-10-9-22-14-23)11-15-5-1-3-7-18(15)24/h1-10,12,14,17H,11,13H2/t17-/m1/s1. The van der Waals surface area contributed by atoms with Crippen molar-refractivity contribution in [3.63, 3.8) is 0 Å². The van der Waals surface area contributed by atoms with Crippen molar-refractivity contribution in [2.45, 2.75) is 12.5 Å². The van der Waals surface area contributed by atoms with Gasteiger partial charge in [-0.05, 0) is 30.2 Å². The number of furan rings is 1. The molecule has 128 valence electrons. The van der Waals surface area contributed by atoms with Gasteiger partial charge in [-0.25, -0.2) is 4.98 Å². The minimum atomic E-state index is -0.113. The molecule has 5 heteroatoms. The van der Waals surface area contributed by atoms with Crippen LogP contribution < -0.4 is 4.90 Å². The molecule has 26 heavy (non-hydrogen) atoms. The Balaban J connectivity index is 1.56. The van der Waals surface area contributed by atoms with Gasteiger partial charge in [0, 0.05) is 30.0 Å². The van der Waals surface area contributed by atoms with Gasteiger partial charge in [-0.15, -0.1) is 0 Å². The fourth-order valence-corrected chi connectivity index (χ4v) is 3.67. The number of aromatic nitrogens is 2. The summed E-state index contributed by atoms with van der Waals surface area (Å²) in [5.74, 6) is 0.255. The van der Waals surface area contributed by atoms with Crippen LogP contribution in [0.4, 0.5) is 5.69 Å². The first-order valence-electron chi connectivity index (χ1n) is 8.65. The van der Waals surface area contributed by atoms with Gasteiger partial charge in [0.05, 0.1) is 12.4 Å². The van der Waals surface area contributed by atoms with Gasteiger partial charge in [0.25, 0.3) is 5.91 Å². The number of imidazole rings is 1. The highest BCUT2D eigenvalue weighted by Crippen LogP contribution is 2.33. The zero-order valence-corrected chi connectivity index (χ0v) is 14.1. The van der Waals surface area contributed by atoms with Crippen LogP contribution in [0.5, 0.6) is 0 Å². The molecule has 0 aliphatic carbocycles. The van der Waals surface area contributed by atoms with Crippen LogP contribution in [-0.4, -0.2) is 22.0 Å². The number of hydrogen-bond donors (Lipinski definition) is 0. The van der Waals surface area contributed by atoms with Gasteiger partial charge in [0.2, 0.25) is 0 Å². The third kappa shape index (κ3) is 2.40. The topological polar surface area (TPSA) is 51.3 Å². The smallest absolute Gasteiger partial charge is 0.294 e. The van der Waals surface area contributed by atoms with E-state index >= 15 is 0 Å². The lowest BCUT2D eigenvalue weighted by Crippen LogP contribution is -2.40. The summed E-state index contributed by atoms with van der Waals surface area (Å²) < 4.78 is 7.88. The van der Waals surface area contributed by atoms with Gasteiger partial charge in [0.1, 0.15) is 5.58 Å². The van der Waals surface area contributed by atoms with E-state index in [4.69, 9.17) is 4.42 Å². The fourth-order valence-electron chi connectivity index (χ4n) is 3.67. The number of rotatable bonds is 2. The van der Waals surface area contributed by atoms with E-state index in [1.165, 1.54) is 0 Å². The lowest BCUT2D eigenvalue weighted by atomic mass is 9.97. The normalized spacial score (nSPS) is 16.6. The molecule has 0 radical (unpaired) electrons. The molecular formula is C21H17N3O2. The van der Waals surface area contributed by atoms with Crippen LogP contribution in [0.15, 0.2) is 77.7 Å². The molecule has 0 spiro atoms. The van der Waals surface area contributed by atoms with Crippen molar-refractivity contribution < 1.29 is 9.21 Å². The average molecular weight is 343 g/mol. The van der Waals surface area contributed by atoms with Crippen molar-refractivity contribution >= 4 is 22.6 Å². The second-order valence-corrected chi connectivity index (χ2v) is 6.56. The highest BCUT2D eigenvalue weighted by Gasteiger charge is 2.31. The van der Waals surface area contributed by atoms with E-state index in [2.05, 4.69) is 15.6 Å². The Labute approximate surface area is 150 Å². The van der Waals surface area contributed by atoms with Crippen molar-refractivity contribution in [3.05, 3.63) is 84.6 Å². The Kier molecular flexibility index (Phi) is 3.38. The van der Waals surface area contributed by atoms with E-state index in [1.54, 1.807) is 6.20 Å². The van der Waals surface area contributed by atoms with E-state index < -0.39 is 0 Å². The number of amides is 1. The van der Waals surface area contributed by atoms with Gasteiger partial charge >= 0.3 is 0 Å². The van der Waals surface area contributed by atoms with Gasteiger partial charge in [0.15, 0.2) is 5.76 Å². The summed E-state index contributed by atoms with van der Waals surface area (Å²) in [6.07, 6.45) is 6.40. The summed E-state index contributed by atoms with van der Waals surface area (Å²) in [4.78, 5) is 19.2. The lowest BCUT2D eigenvalue weighted by Gasteiger charge is -2.34. The molecule has 1 amide bonds. The third-order valence-corrected chi connectivity index (χ3v) is 4.96. The molecule has 0 fully saturated rings. The van der Waals surface area contributed by atoms with Gasteiger partial charge < -0.3 is 13.9 Å². The van der Waals surface area contributed by atoms with Crippen molar-refractivity contribution in [2.75, 3.05) is 11.4 Å². The monoisotopic (exact) mass is 343 g/mol. The number of carbonyl (C=O) groups excluding carboxylic acids is 1. The second-order valence-electron chi connectivity index (χ2n) is 6.56. The summed E-state index contributed by atoms with van der Waals surface area (Å²) in [5.41, 5.74) is 2.84. The van der Waals surface area contributed by atoms with Gasteiger partial charge in [-0.3, -0.25) is 4.79 Å². The summed E-state index contributed by atoms with van der Waals surface area (Å²) in [6, 6.07) is 17.7. The first-order chi connectivity index (χ1) is 12.8. The molecule has 1 aliphatic rings. The molecule has 2 aromatic carbocycles. The minimum Gasteiger partial charge on any atom is -0.451 e. The Hall–Kier alpha value is -3.34.